The molecule has 0 bridgehead atoms. The molecule has 0 spiro atoms. The fourth-order valence-electron chi connectivity index (χ4n) is 2.80. The highest BCUT2D eigenvalue weighted by Gasteiger charge is 2.16. The van der Waals surface area contributed by atoms with E-state index in [9.17, 15) is 4.79 Å². The van der Waals surface area contributed by atoms with E-state index in [1.54, 1.807) is 19.1 Å². The molecule has 0 saturated carbocycles. The van der Waals surface area contributed by atoms with Gasteiger partial charge in [0, 0.05) is 20.2 Å². The maximum absolute atomic E-state index is 12.7. The highest BCUT2D eigenvalue weighted by molar-refractivity contribution is 7.99. The van der Waals surface area contributed by atoms with E-state index in [1.807, 2.05) is 54.6 Å². The molecular weight excluding hydrogens is 402 g/mol. The number of amides is 1. The molecule has 0 atom stereocenters. The Balaban J connectivity index is 1.54. The van der Waals surface area contributed by atoms with Crippen molar-refractivity contribution in [3.63, 3.8) is 0 Å². The van der Waals surface area contributed by atoms with Crippen molar-refractivity contribution in [1.29, 1.82) is 0 Å². The fraction of sp³-hybridized carbons (Fsp3) is 0.318. The molecule has 2 aromatic carbocycles. The molecule has 3 rings (SSSR count). The minimum Gasteiger partial charge on any atom is -0.497 e. The first-order chi connectivity index (χ1) is 14.7. The van der Waals surface area contributed by atoms with Gasteiger partial charge in [-0.3, -0.25) is 4.79 Å². The fourth-order valence-corrected chi connectivity index (χ4v) is 3.48. The van der Waals surface area contributed by atoms with E-state index in [0.29, 0.717) is 37.2 Å². The molecule has 8 heteroatoms. The minimum atomic E-state index is -0.00388. The smallest absolute Gasteiger partial charge is 0.277 e. The molecule has 7 nitrogen and oxygen atoms in total. The SMILES string of the molecule is COCCN(Cc1ccccc1)C(=O)CSc1nnc(Cc2ccc(OC)cc2)o1. The van der Waals surface area contributed by atoms with Gasteiger partial charge in [0.1, 0.15) is 5.75 Å². The van der Waals surface area contributed by atoms with Crippen LogP contribution in [-0.4, -0.2) is 54.1 Å². The largest absolute Gasteiger partial charge is 0.497 e. The molecule has 158 valence electrons. The summed E-state index contributed by atoms with van der Waals surface area (Å²) >= 11 is 1.25. The molecule has 0 aliphatic carbocycles. The van der Waals surface area contributed by atoms with Crippen LogP contribution < -0.4 is 4.74 Å². The number of aromatic nitrogens is 2. The Morgan fingerprint density at radius 3 is 2.50 bits per heavy atom. The number of methoxy groups -OCH3 is 2. The predicted octanol–water partition coefficient (Wildman–Crippen LogP) is 3.44. The molecular formula is C22H25N3O4S. The van der Waals surface area contributed by atoms with Crippen LogP contribution in [0.4, 0.5) is 0 Å². The summed E-state index contributed by atoms with van der Waals surface area (Å²) in [5.41, 5.74) is 2.12. The molecule has 0 N–H and O–H groups in total. The molecule has 0 unspecified atom stereocenters. The van der Waals surface area contributed by atoms with Crippen molar-refractivity contribution < 1.29 is 18.7 Å². The van der Waals surface area contributed by atoms with Crippen LogP contribution in [0, 0.1) is 0 Å². The lowest BCUT2D eigenvalue weighted by Crippen LogP contribution is -2.34. The second-order valence-corrected chi connectivity index (χ2v) is 7.50. The van der Waals surface area contributed by atoms with Crippen molar-refractivity contribution in [2.45, 2.75) is 18.2 Å². The second-order valence-electron chi connectivity index (χ2n) is 6.57. The van der Waals surface area contributed by atoms with Crippen molar-refractivity contribution in [3.8, 4) is 5.75 Å². The molecule has 0 radical (unpaired) electrons. The summed E-state index contributed by atoms with van der Waals surface area (Å²) in [4.78, 5) is 14.5. The Bertz CT molecular complexity index is 916. The maximum atomic E-state index is 12.7. The first-order valence-corrected chi connectivity index (χ1v) is 10.5. The summed E-state index contributed by atoms with van der Waals surface area (Å²) in [6.07, 6.45) is 0.527. The van der Waals surface area contributed by atoms with Crippen molar-refractivity contribution in [2.75, 3.05) is 33.1 Å². The topological polar surface area (TPSA) is 77.7 Å². The van der Waals surface area contributed by atoms with Crippen molar-refractivity contribution in [2.24, 2.45) is 0 Å². The van der Waals surface area contributed by atoms with Crippen LogP contribution in [0.15, 0.2) is 64.2 Å². The number of hydrogen-bond donors (Lipinski definition) is 0. The van der Waals surface area contributed by atoms with E-state index < -0.39 is 0 Å². The number of benzene rings is 2. The lowest BCUT2D eigenvalue weighted by molar-refractivity contribution is -0.129. The van der Waals surface area contributed by atoms with E-state index >= 15 is 0 Å². The standard InChI is InChI=1S/C22H25N3O4S/c1-27-13-12-25(15-18-6-4-3-5-7-18)21(26)16-30-22-24-23-20(29-22)14-17-8-10-19(28-2)11-9-17/h3-11H,12-16H2,1-2H3. The van der Waals surface area contributed by atoms with Gasteiger partial charge >= 0.3 is 0 Å². The summed E-state index contributed by atoms with van der Waals surface area (Å²) in [5, 5.41) is 8.52. The summed E-state index contributed by atoms with van der Waals surface area (Å²) in [5.74, 6) is 1.53. The van der Waals surface area contributed by atoms with Crippen LogP contribution in [-0.2, 0) is 22.5 Å². The van der Waals surface area contributed by atoms with Gasteiger partial charge in [0.05, 0.1) is 25.9 Å². The van der Waals surface area contributed by atoms with E-state index in [1.165, 1.54) is 11.8 Å². The number of thioether (sulfide) groups is 1. The van der Waals surface area contributed by atoms with Gasteiger partial charge in [-0.05, 0) is 23.3 Å². The molecule has 3 aromatic rings. The van der Waals surface area contributed by atoms with Crippen LogP contribution in [0.5, 0.6) is 5.75 Å². The van der Waals surface area contributed by atoms with E-state index in [-0.39, 0.29) is 11.7 Å². The Morgan fingerprint density at radius 1 is 1.03 bits per heavy atom. The number of rotatable bonds is 11. The third-order valence-electron chi connectivity index (χ3n) is 4.42. The van der Waals surface area contributed by atoms with Crippen LogP contribution in [0.1, 0.15) is 17.0 Å². The zero-order valence-corrected chi connectivity index (χ0v) is 17.9. The second kappa shape index (κ2) is 11.4. The van der Waals surface area contributed by atoms with Gasteiger partial charge in [-0.25, -0.2) is 0 Å². The quantitative estimate of drug-likeness (QED) is 0.434. The average Bonchev–Trinajstić information content (AvgIpc) is 3.23. The first kappa shape index (κ1) is 21.9. The van der Waals surface area contributed by atoms with Crippen molar-refractivity contribution in [1.82, 2.24) is 15.1 Å². The Hall–Kier alpha value is -2.84. The van der Waals surface area contributed by atoms with Crippen LogP contribution in [0.2, 0.25) is 0 Å². The third kappa shape index (κ3) is 6.60. The van der Waals surface area contributed by atoms with E-state index in [0.717, 1.165) is 16.9 Å². The minimum absolute atomic E-state index is 0.00388. The number of hydrogen-bond acceptors (Lipinski definition) is 7. The zero-order chi connectivity index (χ0) is 21.2. The van der Waals surface area contributed by atoms with Crippen LogP contribution in [0.25, 0.3) is 0 Å². The summed E-state index contributed by atoms with van der Waals surface area (Å²) in [6.45, 7) is 1.54. The molecule has 0 fully saturated rings. The van der Waals surface area contributed by atoms with E-state index in [2.05, 4.69) is 10.2 Å². The molecule has 0 aliphatic heterocycles. The molecule has 0 saturated heterocycles. The predicted molar refractivity (Wildman–Crippen MR) is 115 cm³/mol. The van der Waals surface area contributed by atoms with Crippen LogP contribution >= 0.6 is 11.8 Å². The maximum Gasteiger partial charge on any atom is 0.277 e. The highest BCUT2D eigenvalue weighted by Crippen LogP contribution is 2.20. The number of nitrogens with zero attached hydrogens (tertiary/aromatic N) is 3. The lowest BCUT2D eigenvalue weighted by atomic mass is 10.1. The number of ether oxygens (including phenoxy) is 2. The van der Waals surface area contributed by atoms with Gasteiger partial charge in [0.25, 0.3) is 5.22 Å². The van der Waals surface area contributed by atoms with Gasteiger partial charge < -0.3 is 18.8 Å². The average molecular weight is 428 g/mol. The van der Waals surface area contributed by atoms with Crippen LogP contribution in [0.3, 0.4) is 0 Å². The van der Waals surface area contributed by atoms with Gasteiger partial charge in [-0.1, -0.05) is 54.2 Å². The number of carbonyl (C=O) groups is 1. The molecule has 1 aromatic heterocycles. The first-order valence-electron chi connectivity index (χ1n) is 9.56. The molecule has 1 heterocycles. The monoisotopic (exact) mass is 427 g/mol. The number of carbonyl (C=O) groups excluding carboxylic acids is 1. The third-order valence-corrected chi connectivity index (χ3v) is 5.22. The molecule has 0 aliphatic rings. The molecule has 30 heavy (non-hydrogen) atoms. The van der Waals surface area contributed by atoms with Crippen molar-refractivity contribution >= 4 is 17.7 Å². The van der Waals surface area contributed by atoms with Gasteiger partial charge in [0.2, 0.25) is 11.8 Å². The molecule has 1 amide bonds. The van der Waals surface area contributed by atoms with Gasteiger partial charge in [-0.2, -0.15) is 0 Å². The zero-order valence-electron chi connectivity index (χ0n) is 17.1. The summed E-state index contributed by atoms with van der Waals surface area (Å²) in [6, 6.07) is 17.6. The van der Waals surface area contributed by atoms with Crippen molar-refractivity contribution in [3.05, 3.63) is 71.6 Å². The van der Waals surface area contributed by atoms with Gasteiger partial charge in [-0.15, -0.1) is 10.2 Å². The normalized spacial score (nSPS) is 10.7. The highest BCUT2D eigenvalue weighted by atomic mass is 32.2. The van der Waals surface area contributed by atoms with Gasteiger partial charge in [0.15, 0.2) is 0 Å². The lowest BCUT2D eigenvalue weighted by Gasteiger charge is -2.22. The Labute approximate surface area is 180 Å². The Kier molecular flexibility index (Phi) is 8.29. The van der Waals surface area contributed by atoms with E-state index in [4.69, 9.17) is 13.9 Å². The Morgan fingerprint density at radius 2 is 1.80 bits per heavy atom. The summed E-state index contributed by atoms with van der Waals surface area (Å²) in [7, 11) is 3.26. The summed E-state index contributed by atoms with van der Waals surface area (Å²) < 4.78 is 16.0.